The number of benzene rings is 1. The molecule has 0 radical (unpaired) electrons. The van der Waals surface area contributed by atoms with E-state index in [1.54, 1.807) is 7.11 Å². The predicted molar refractivity (Wildman–Crippen MR) is 126 cm³/mol. The minimum Gasteiger partial charge on any atom is -0.460 e. The molecule has 0 aliphatic carbocycles. The average Bonchev–Trinajstić information content (AvgIpc) is 3.35. The van der Waals surface area contributed by atoms with Crippen LogP contribution in [0.25, 0.3) is 10.9 Å². The highest BCUT2D eigenvalue weighted by atomic mass is 16.6. The lowest BCUT2D eigenvalue weighted by molar-refractivity contribution is -0.146. The zero-order valence-corrected chi connectivity index (χ0v) is 19.8. The van der Waals surface area contributed by atoms with Gasteiger partial charge < -0.3 is 20.2 Å². The van der Waals surface area contributed by atoms with E-state index in [-0.39, 0.29) is 24.0 Å². The van der Waals surface area contributed by atoms with Crippen molar-refractivity contribution in [2.24, 2.45) is 29.4 Å². The third-order valence-electron chi connectivity index (χ3n) is 7.13. The summed E-state index contributed by atoms with van der Waals surface area (Å²) in [6.45, 7) is 9.49. The molecular weight excluding hydrogens is 388 g/mol. The van der Waals surface area contributed by atoms with Crippen LogP contribution >= 0.6 is 0 Å². The fourth-order valence-electron chi connectivity index (χ4n) is 5.18. The fourth-order valence-corrected chi connectivity index (χ4v) is 5.18. The Morgan fingerprint density at radius 1 is 1.23 bits per heavy atom. The molecule has 1 saturated heterocycles. The van der Waals surface area contributed by atoms with Gasteiger partial charge in [0, 0.05) is 31.5 Å². The van der Waals surface area contributed by atoms with Crippen LogP contribution in [0.4, 0.5) is 0 Å². The first-order valence-corrected chi connectivity index (χ1v) is 11.8. The average molecular weight is 429 g/mol. The Balaban J connectivity index is 1.80. The highest BCUT2D eigenvalue weighted by Gasteiger charge is 2.40. The number of carbonyl (C=O) groups is 1. The van der Waals surface area contributed by atoms with Gasteiger partial charge in [-0.3, -0.25) is 4.79 Å². The summed E-state index contributed by atoms with van der Waals surface area (Å²) in [5, 5.41) is 1.23. The predicted octanol–water partition coefficient (Wildman–Crippen LogP) is 5.26. The lowest BCUT2D eigenvalue weighted by atomic mass is 9.73. The molecule has 0 spiro atoms. The molecule has 0 bridgehead atoms. The Kier molecular flexibility index (Phi) is 8.17. The first kappa shape index (κ1) is 23.8. The van der Waals surface area contributed by atoms with Crippen molar-refractivity contribution in [1.29, 1.82) is 0 Å². The van der Waals surface area contributed by atoms with Crippen molar-refractivity contribution >= 4 is 16.9 Å². The fraction of sp³-hybridized carbons (Fsp3) is 0.654. The number of nitrogens with two attached hydrogens (primary N) is 1. The standard InChI is InChI=1S/C26H40N2O3/c1-16(2)21(14-23(27)25-15-22(17(3)4)26(29)31-25)20(7-6-12-30-5)19-9-8-18-10-11-28-24(18)13-19/h8-11,13,16-17,20-23,25,28H,6-7,12,14-15,27H2,1-5H3/t20?,21-,22?,23-,25-/m0/s1. The monoisotopic (exact) mass is 428 g/mol. The number of aromatic nitrogens is 1. The van der Waals surface area contributed by atoms with Gasteiger partial charge in [-0.25, -0.2) is 0 Å². The van der Waals surface area contributed by atoms with E-state index in [0.29, 0.717) is 23.7 Å². The number of hydrogen-bond donors (Lipinski definition) is 2. The summed E-state index contributed by atoms with van der Waals surface area (Å²) in [6, 6.07) is 8.72. The van der Waals surface area contributed by atoms with Gasteiger partial charge in [-0.2, -0.15) is 0 Å². The molecule has 5 atom stereocenters. The molecule has 2 aromatic rings. The number of esters is 1. The SMILES string of the molecule is COCCCC(c1ccc2cc[nH]c2c1)[C@@H](C[C@H](N)[C@@H]1CC(C(C)C)C(=O)O1)C(C)C. The number of hydrogen-bond acceptors (Lipinski definition) is 4. The summed E-state index contributed by atoms with van der Waals surface area (Å²) in [5.74, 6) is 1.44. The van der Waals surface area contributed by atoms with Gasteiger partial charge >= 0.3 is 5.97 Å². The summed E-state index contributed by atoms with van der Waals surface area (Å²) in [5.41, 5.74) is 9.20. The Morgan fingerprint density at radius 2 is 2.00 bits per heavy atom. The number of H-pyrrole nitrogens is 1. The molecular formula is C26H40N2O3. The van der Waals surface area contributed by atoms with E-state index >= 15 is 0 Å². The van der Waals surface area contributed by atoms with Crippen LogP contribution in [0.2, 0.25) is 0 Å². The lowest BCUT2D eigenvalue weighted by Crippen LogP contribution is -2.38. The summed E-state index contributed by atoms with van der Waals surface area (Å²) in [6.07, 6.45) is 5.47. The molecule has 1 aliphatic rings. The second-order valence-corrected chi connectivity index (χ2v) is 9.93. The lowest BCUT2D eigenvalue weighted by Gasteiger charge is -2.34. The van der Waals surface area contributed by atoms with Gasteiger partial charge in [0.15, 0.2) is 0 Å². The van der Waals surface area contributed by atoms with Crippen LogP contribution in [0.1, 0.15) is 64.9 Å². The van der Waals surface area contributed by atoms with Crippen molar-refractivity contribution in [2.45, 2.75) is 71.4 Å². The van der Waals surface area contributed by atoms with Crippen molar-refractivity contribution in [3.63, 3.8) is 0 Å². The van der Waals surface area contributed by atoms with Crippen molar-refractivity contribution in [3.05, 3.63) is 36.0 Å². The maximum absolute atomic E-state index is 12.3. The van der Waals surface area contributed by atoms with Crippen LogP contribution in [0, 0.1) is 23.7 Å². The number of ether oxygens (including phenoxy) is 2. The zero-order chi connectivity index (χ0) is 22.5. The molecule has 31 heavy (non-hydrogen) atoms. The smallest absolute Gasteiger partial charge is 0.309 e. The van der Waals surface area contributed by atoms with Crippen LogP contribution in [0.15, 0.2) is 30.5 Å². The maximum atomic E-state index is 12.3. The summed E-state index contributed by atoms with van der Waals surface area (Å²) < 4.78 is 11.1. The molecule has 1 fully saturated rings. The molecule has 5 nitrogen and oxygen atoms in total. The Hall–Kier alpha value is -1.85. The molecule has 172 valence electrons. The maximum Gasteiger partial charge on any atom is 0.309 e. The number of methoxy groups -OCH3 is 1. The summed E-state index contributed by atoms with van der Waals surface area (Å²) >= 11 is 0. The molecule has 1 aromatic heterocycles. The van der Waals surface area contributed by atoms with Gasteiger partial charge in [-0.05, 0) is 72.4 Å². The van der Waals surface area contributed by atoms with Crippen LogP contribution in [0.5, 0.6) is 0 Å². The van der Waals surface area contributed by atoms with E-state index in [1.165, 1.54) is 16.5 Å². The molecule has 1 aliphatic heterocycles. The zero-order valence-electron chi connectivity index (χ0n) is 19.8. The Labute approximate surface area is 187 Å². The van der Waals surface area contributed by atoms with Crippen LogP contribution < -0.4 is 5.73 Å². The molecule has 5 heteroatoms. The summed E-state index contributed by atoms with van der Waals surface area (Å²) in [4.78, 5) is 15.6. The molecule has 3 rings (SSSR count). The number of aromatic amines is 1. The molecule has 1 aromatic carbocycles. The first-order chi connectivity index (χ1) is 14.8. The van der Waals surface area contributed by atoms with E-state index in [2.05, 4.69) is 56.9 Å². The van der Waals surface area contributed by atoms with Gasteiger partial charge in [0.1, 0.15) is 6.10 Å². The minimum atomic E-state index is -0.174. The number of rotatable bonds is 11. The molecule has 0 saturated carbocycles. The number of fused-ring (bicyclic) bond motifs is 1. The Bertz CT molecular complexity index is 844. The second-order valence-electron chi connectivity index (χ2n) is 9.93. The van der Waals surface area contributed by atoms with E-state index in [9.17, 15) is 4.79 Å². The van der Waals surface area contributed by atoms with Crippen molar-refractivity contribution in [1.82, 2.24) is 4.98 Å². The third kappa shape index (κ3) is 5.69. The largest absolute Gasteiger partial charge is 0.460 e. The number of cyclic esters (lactones) is 1. The normalized spacial score (nSPS) is 22.3. The molecule has 0 amide bonds. The number of carbonyl (C=O) groups excluding carboxylic acids is 1. The molecule has 2 heterocycles. The van der Waals surface area contributed by atoms with E-state index in [0.717, 1.165) is 32.3 Å². The Morgan fingerprint density at radius 3 is 2.65 bits per heavy atom. The second kappa shape index (κ2) is 10.6. The van der Waals surface area contributed by atoms with Crippen molar-refractivity contribution < 1.29 is 14.3 Å². The summed E-state index contributed by atoms with van der Waals surface area (Å²) in [7, 11) is 1.76. The van der Waals surface area contributed by atoms with E-state index < -0.39 is 0 Å². The van der Waals surface area contributed by atoms with Gasteiger partial charge in [-0.1, -0.05) is 39.8 Å². The first-order valence-electron chi connectivity index (χ1n) is 11.8. The van der Waals surface area contributed by atoms with Crippen molar-refractivity contribution in [3.8, 4) is 0 Å². The van der Waals surface area contributed by atoms with Gasteiger partial charge in [0.2, 0.25) is 0 Å². The van der Waals surface area contributed by atoms with Crippen LogP contribution in [-0.2, 0) is 14.3 Å². The number of nitrogens with one attached hydrogen (secondary N) is 1. The highest BCUT2D eigenvalue weighted by Crippen LogP contribution is 2.40. The van der Waals surface area contributed by atoms with Gasteiger partial charge in [0.05, 0.1) is 5.92 Å². The quantitative estimate of drug-likeness (QED) is 0.378. The van der Waals surface area contributed by atoms with Crippen LogP contribution in [-0.4, -0.2) is 36.8 Å². The minimum absolute atomic E-state index is 0.0265. The topological polar surface area (TPSA) is 77.3 Å². The van der Waals surface area contributed by atoms with Crippen LogP contribution in [0.3, 0.4) is 0 Å². The van der Waals surface area contributed by atoms with Gasteiger partial charge in [-0.15, -0.1) is 0 Å². The van der Waals surface area contributed by atoms with E-state index in [1.807, 2.05) is 6.20 Å². The molecule has 3 N–H and O–H groups in total. The molecule has 2 unspecified atom stereocenters. The highest BCUT2D eigenvalue weighted by molar-refractivity contribution is 5.80. The van der Waals surface area contributed by atoms with Crippen molar-refractivity contribution in [2.75, 3.05) is 13.7 Å². The third-order valence-corrected chi connectivity index (χ3v) is 7.13. The van der Waals surface area contributed by atoms with Gasteiger partial charge in [0.25, 0.3) is 0 Å². The van der Waals surface area contributed by atoms with E-state index in [4.69, 9.17) is 15.2 Å².